The van der Waals surface area contributed by atoms with Crippen molar-refractivity contribution >= 4 is 5.78 Å². The van der Waals surface area contributed by atoms with E-state index in [-0.39, 0.29) is 5.78 Å². The zero-order valence-electron chi connectivity index (χ0n) is 12.9. The van der Waals surface area contributed by atoms with E-state index in [4.69, 9.17) is 4.74 Å². The predicted octanol–water partition coefficient (Wildman–Crippen LogP) is 3.08. The lowest BCUT2D eigenvalue weighted by Gasteiger charge is -2.37. The fourth-order valence-electron chi connectivity index (χ4n) is 3.62. The third-order valence-corrected chi connectivity index (χ3v) is 4.76. The SMILES string of the molecule is CCCc1ccc(C(=O)CN2CCOC3CCCC32)cc1. The largest absolute Gasteiger partial charge is 0.375 e. The van der Waals surface area contributed by atoms with Crippen molar-refractivity contribution in [2.45, 2.75) is 51.2 Å². The molecule has 1 aliphatic heterocycles. The van der Waals surface area contributed by atoms with Crippen molar-refractivity contribution in [2.75, 3.05) is 19.7 Å². The van der Waals surface area contributed by atoms with Crippen molar-refractivity contribution in [3.05, 3.63) is 35.4 Å². The summed E-state index contributed by atoms with van der Waals surface area (Å²) in [5.74, 6) is 0.241. The van der Waals surface area contributed by atoms with Crippen molar-refractivity contribution < 1.29 is 9.53 Å². The van der Waals surface area contributed by atoms with E-state index in [2.05, 4.69) is 24.0 Å². The van der Waals surface area contributed by atoms with Crippen LogP contribution in [0.15, 0.2) is 24.3 Å². The molecule has 3 heteroatoms. The number of aryl methyl sites for hydroxylation is 1. The fourth-order valence-corrected chi connectivity index (χ4v) is 3.62. The molecule has 0 bridgehead atoms. The molecule has 3 rings (SSSR count). The molecule has 1 heterocycles. The van der Waals surface area contributed by atoms with Crippen LogP contribution in [0, 0.1) is 0 Å². The Kier molecular flexibility index (Phi) is 4.71. The third-order valence-electron chi connectivity index (χ3n) is 4.76. The molecule has 1 saturated carbocycles. The minimum Gasteiger partial charge on any atom is -0.375 e. The van der Waals surface area contributed by atoms with E-state index in [0.29, 0.717) is 18.7 Å². The monoisotopic (exact) mass is 287 g/mol. The van der Waals surface area contributed by atoms with E-state index in [0.717, 1.165) is 38.0 Å². The summed E-state index contributed by atoms with van der Waals surface area (Å²) in [6.45, 7) is 4.37. The maximum absolute atomic E-state index is 12.5. The van der Waals surface area contributed by atoms with Crippen LogP contribution < -0.4 is 0 Å². The predicted molar refractivity (Wildman–Crippen MR) is 83.7 cm³/mol. The Morgan fingerprint density at radius 1 is 1.29 bits per heavy atom. The number of ketones is 1. The third kappa shape index (κ3) is 3.35. The molecule has 2 fully saturated rings. The Hall–Kier alpha value is -1.19. The molecule has 0 spiro atoms. The molecule has 0 N–H and O–H groups in total. The van der Waals surface area contributed by atoms with Crippen LogP contribution in [0.2, 0.25) is 0 Å². The number of carbonyl (C=O) groups excluding carboxylic acids is 1. The van der Waals surface area contributed by atoms with Gasteiger partial charge in [-0.1, -0.05) is 37.6 Å². The lowest BCUT2D eigenvalue weighted by molar-refractivity contribution is -0.0522. The quantitative estimate of drug-likeness (QED) is 0.780. The van der Waals surface area contributed by atoms with Crippen LogP contribution in [0.25, 0.3) is 0 Å². The molecule has 3 nitrogen and oxygen atoms in total. The molecule has 1 aromatic carbocycles. The summed E-state index contributed by atoms with van der Waals surface area (Å²) in [5, 5.41) is 0. The number of carbonyl (C=O) groups is 1. The first-order chi connectivity index (χ1) is 10.3. The molecule has 1 aromatic rings. The second kappa shape index (κ2) is 6.71. The maximum atomic E-state index is 12.5. The highest BCUT2D eigenvalue weighted by molar-refractivity contribution is 5.97. The van der Waals surface area contributed by atoms with Gasteiger partial charge in [0.15, 0.2) is 5.78 Å². The molecule has 0 aromatic heterocycles. The number of benzene rings is 1. The molecule has 0 radical (unpaired) electrons. The van der Waals surface area contributed by atoms with Gasteiger partial charge >= 0.3 is 0 Å². The average Bonchev–Trinajstić information content (AvgIpc) is 2.98. The van der Waals surface area contributed by atoms with Crippen LogP contribution in [0.4, 0.5) is 0 Å². The second-order valence-corrected chi connectivity index (χ2v) is 6.25. The number of fused-ring (bicyclic) bond motifs is 1. The molecule has 21 heavy (non-hydrogen) atoms. The summed E-state index contributed by atoms with van der Waals surface area (Å²) in [4.78, 5) is 14.8. The first-order valence-electron chi connectivity index (χ1n) is 8.25. The smallest absolute Gasteiger partial charge is 0.176 e. The van der Waals surface area contributed by atoms with Crippen LogP contribution >= 0.6 is 0 Å². The van der Waals surface area contributed by atoms with Crippen LogP contribution in [0.1, 0.15) is 48.5 Å². The topological polar surface area (TPSA) is 29.5 Å². The van der Waals surface area contributed by atoms with E-state index >= 15 is 0 Å². The zero-order valence-corrected chi connectivity index (χ0v) is 12.9. The molecule has 2 unspecified atom stereocenters. The summed E-state index contributed by atoms with van der Waals surface area (Å²) in [7, 11) is 0. The van der Waals surface area contributed by atoms with Crippen molar-refractivity contribution in [1.82, 2.24) is 4.90 Å². The standard InChI is InChI=1S/C18H25NO2/c1-2-4-14-7-9-15(10-8-14)17(20)13-19-11-12-21-18-6-3-5-16(18)19/h7-10,16,18H,2-6,11-13H2,1H3. The van der Waals surface area contributed by atoms with Gasteiger partial charge in [0, 0.05) is 18.2 Å². The van der Waals surface area contributed by atoms with Gasteiger partial charge in [-0.05, 0) is 31.2 Å². The molecule has 1 aliphatic carbocycles. The van der Waals surface area contributed by atoms with E-state index in [1.54, 1.807) is 0 Å². The van der Waals surface area contributed by atoms with Gasteiger partial charge in [-0.15, -0.1) is 0 Å². The highest BCUT2D eigenvalue weighted by Crippen LogP contribution is 2.29. The van der Waals surface area contributed by atoms with E-state index in [1.165, 1.54) is 18.4 Å². The van der Waals surface area contributed by atoms with Crippen LogP contribution in [-0.2, 0) is 11.2 Å². The number of morpholine rings is 1. The number of rotatable bonds is 5. The molecule has 1 saturated heterocycles. The molecule has 114 valence electrons. The van der Waals surface area contributed by atoms with Gasteiger partial charge in [-0.2, -0.15) is 0 Å². The van der Waals surface area contributed by atoms with Crippen molar-refractivity contribution in [3.63, 3.8) is 0 Å². The number of Topliss-reactive ketones (excluding diaryl/α,β-unsaturated/α-hetero) is 1. The summed E-state index contributed by atoms with van der Waals surface area (Å²) < 4.78 is 5.81. The summed E-state index contributed by atoms with van der Waals surface area (Å²) in [5.41, 5.74) is 2.16. The molecular formula is C18H25NO2. The lowest BCUT2D eigenvalue weighted by atomic mass is 10.0. The lowest BCUT2D eigenvalue weighted by Crippen LogP contribution is -2.50. The molecule has 0 amide bonds. The van der Waals surface area contributed by atoms with E-state index in [9.17, 15) is 4.79 Å². The van der Waals surface area contributed by atoms with Gasteiger partial charge < -0.3 is 4.74 Å². The number of hydrogen-bond donors (Lipinski definition) is 0. The van der Waals surface area contributed by atoms with Gasteiger partial charge in [0.2, 0.25) is 0 Å². The van der Waals surface area contributed by atoms with Crippen molar-refractivity contribution in [2.24, 2.45) is 0 Å². The second-order valence-electron chi connectivity index (χ2n) is 6.25. The Morgan fingerprint density at radius 3 is 2.86 bits per heavy atom. The average molecular weight is 287 g/mol. The Balaban J connectivity index is 1.62. The van der Waals surface area contributed by atoms with E-state index in [1.807, 2.05) is 12.1 Å². The van der Waals surface area contributed by atoms with Crippen molar-refractivity contribution in [3.8, 4) is 0 Å². The van der Waals surface area contributed by atoms with Gasteiger partial charge in [-0.3, -0.25) is 9.69 Å². The normalized spacial score (nSPS) is 25.8. The van der Waals surface area contributed by atoms with Gasteiger partial charge in [0.05, 0.1) is 19.3 Å². The summed E-state index contributed by atoms with van der Waals surface area (Å²) >= 11 is 0. The highest BCUT2D eigenvalue weighted by atomic mass is 16.5. The van der Waals surface area contributed by atoms with Gasteiger partial charge in [0.1, 0.15) is 0 Å². The molecule has 2 aliphatic rings. The van der Waals surface area contributed by atoms with Crippen molar-refractivity contribution in [1.29, 1.82) is 0 Å². The van der Waals surface area contributed by atoms with Gasteiger partial charge in [-0.25, -0.2) is 0 Å². The first kappa shape index (κ1) is 14.7. The Bertz CT molecular complexity index is 482. The minimum absolute atomic E-state index is 0.241. The molecular weight excluding hydrogens is 262 g/mol. The number of ether oxygens (including phenoxy) is 1. The fraction of sp³-hybridized carbons (Fsp3) is 0.611. The van der Waals surface area contributed by atoms with Gasteiger partial charge in [0.25, 0.3) is 0 Å². The van der Waals surface area contributed by atoms with Crippen LogP contribution in [0.3, 0.4) is 0 Å². The zero-order chi connectivity index (χ0) is 14.7. The maximum Gasteiger partial charge on any atom is 0.176 e. The Morgan fingerprint density at radius 2 is 2.10 bits per heavy atom. The summed E-state index contributed by atoms with van der Waals surface area (Å²) in [6, 6.07) is 8.62. The van der Waals surface area contributed by atoms with E-state index < -0.39 is 0 Å². The first-order valence-corrected chi connectivity index (χ1v) is 8.25. The number of nitrogens with zero attached hydrogens (tertiary/aromatic N) is 1. The van der Waals surface area contributed by atoms with Crippen LogP contribution in [-0.4, -0.2) is 42.5 Å². The Labute approximate surface area is 127 Å². The van der Waals surface area contributed by atoms with Crippen LogP contribution in [0.5, 0.6) is 0 Å². The minimum atomic E-state index is 0.241. The number of hydrogen-bond acceptors (Lipinski definition) is 3. The molecule has 2 atom stereocenters. The highest BCUT2D eigenvalue weighted by Gasteiger charge is 2.36. The summed E-state index contributed by atoms with van der Waals surface area (Å²) in [6.07, 6.45) is 6.14.